The van der Waals surface area contributed by atoms with Crippen molar-refractivity contribution in [3.8, 4) is 0 Å². The van der Waals surface area contributed by atoms with Crippen molar-refractivity contribution in [2.45, 2.75) is 13.5 Å². The summed E-state index contributed by atoms with van der Waals surface area (Å²) in [6.45, 7) is 3.03. The van der Waals surface area contributed by atoms with E-state index in [1.165, 1.54) is 22.2 Å². The first-order chi connectivity index (χ1) is 8.34. The van der Waals surface area contributed by atoms with Gasteiger partial charge in [0.25, 0.3) is 0 Å². The van der Waals surface area contributed by atoms with Gasteiger partial charge in [-0.05, 0) is 12.5 Å². The van der Waals surface area contributed by atoms with Gasteiger partial charge in [0, 0.05) is 6.54 Å². The number of para-hydroxylation sites is 1. The molecule has 0 amide bonds. The maximum absolute atomic E-state index is 3.41. The predicted molar refractivity (Wildman–Crippen MR) is 76.8 cm³/mol. The van der Waals surface area contributed by atoms with Crippen LogP contribution in [-0.4, -0.2) is 27.6 Å². The van der Waals surface area contributed by atoms with Gasteiger partial charge in [-0.25, -0.2) is 0 Å². The number of fused-ring (bicyclic) bond motifs is 1. The first-order valence-electron chi connectivity index (χ1n) is 5.86. The summed E-state index contributed by atoms with van der Waals surface area (Å²) in [7, 11) is 0. The van der Waals surface area contributed by atoms with Crippen molar-refractivity contribution in [2.75, 3.05) is 0 Å². The number of nitrogens with zero attached hydrogens (tertiary/aromatic N) is 1. The number of rotatable bonds is 2. The van der Waals surface area contributed by atoms with E-state index in [-0.39, 0.29) is 35.5 Å². The normalized spacial score (nSPS) is 9.74. The van der Waals surface area contributed by atoms with Crippen LogP contribution in [0.25, 0.3) is 10.9 Å². The fourth-order valence-electron chi connectivity index (χ4n) is 2.23. The molecule has 1 nitrogen and oxygen atoms in total. The Labute approximate surface area is 136 Å². The summed E-state index contributed by atoms with van der Waals surface area (Å²) in [5, 5.41) is 1.20. The Morgan fingerprint density at radius 1 is 0.947 bits per heavy atom. The molecule has 0 aliphatic rings. The van der Waals surface area contributed by atoms with Crippen molar-refractivity contribution in [1.82, 2.24) is 4.57 Å². The maximum atomic E-state index is 3.41. The minimum atomic E-state index is 0. The Morgan fingerprint density at radius 2 is 1.58 bits per heavy atom. The molecule has 2 aromatic carbocycles. The summed E-state index contributed by atoms with van der Waals surface area (Å²) >= 11 is 0. The molecule has 3 heteroatoms. The summed E-state index contributed by atoms with van der Waals surface area (Å²) in [4.78, 5) is 0. The largest absolute Gasteiger partial charge is 2.00 e. The summed E-state index contributed by atoms with van der Waals surface area (Å²) in [5.74, 6) is 0. The Bertz CT molecular complexity index is 646. The van der Waals surface area contributed by atoms with Crippen LogP contribution in [0.2, 0.25) is 0 Å². The van der Waals surface area contributed by atoms with Gasteiger partial charge in [-0.3, -0.25) is 0 Å². The fraction of sp³-hybridized carbons (Fsp3) is 0.125. The number of aromatic nitrogens is 1. The molecule has 3 aromatic rings. The Balaban J connectivity index is 0.000000902. The van der Waals surface area contributed by atoms with E-state index in [0.717, 1.165) is 6.54 Å². The van der Waals surface area contributed by atoms with Crippen LogP contribution in [0.3, 0.4) is 0 Å². The Kier molecular flexibility index (Phi) is 5.92. The van der Waals surface area contributed by atoms with E-state index in [2.05, 4.69) is 72.2 Å². The second kappa shape index (κ2) is 6.99. The molecule has 0 unspecified atom stereocenters. The average molecular weight is 280 g/mol. The van der Waals surface area contributed by atoms with Gasteiger partial charge in [0.15, 0.2) is 0 Å². The second-order valence-electron chi connectivity index (χ2n) is 4.30. The predicted octanol–water partition coefficient (Wildman–Crippen LogP) is 0.421. The van der Waals surface area contributed by atoms with Crippen LogP contribution in [0.5, 0.6) is 0 Å². The molecule has 1 aromatic heterocycles. The third kappa shape index (κ3) is 3.32. The minimum Gasteiger partial charge on any atom is -1.00 e. The van der Waals surface area contributed by atoms with E-state index in [0.29, 0.717) is 0 Å². The third-order valence-electron chi connectivity index (χ3n) is 3.10. The molecular formula is C16H14ClMgN. The maximum Gasteiger partial charge on any atom is 2.00 e. The van der Waals surface area contributed by atoms with Crippen LogP contribution in [0, 0.1) is 13.0 Å². The van der Waals surface area contributed by atoms with Crippen LogP contribution in [0.1, 0.15) is 11.3 Å². The summed E-state index contributed by atoms with van der Waals surface area (Å²) in [6.07, 6.45) is 0. The van der Waals surface area contributed by atoms with Crippen molar-refractivity contribution in [3.63, 3.8) is 0 Å². The number of benzene rings is 2. The number of hydrogen-bond acceptors (Lipinski definition) is 0. The molecule has 0 fully saturated rings. The van der Waals surface area contributed by atoms with Gasteiger partial charge in [0.1, 0.15) is 0 Å². The molecular weight excluding hydrogens is 266 g/mol. The van der Waals surface area contributed by atoms with E-state index in [4.69, 9.17) is 0 Å². The molecule has 0 N–H and O–H groups in total. The molecule has 1 heterocycles. The molecule has 3 rings (SSSR count). The molecule has 0 bridgehead atoms. The third-order valence-corrected chi connectivity index (χ3v) is 3.10. The smallest absolute Gasteiger partial charge is 1.00 e. The molecule has 0 aliphatic heterocycles. The molecule has 0 saturated carbocycles. The van der Waals surface area contributed by atoms with Crippen LogP contribution in [-0.2, 0) is 6.54 Å². The van der Waals surface area contributed by atoms with Crippen LogP contribution >= 0.6 is 0 Å². The monoisotopic (exact) mass is 279 g/mol. The average Bonchev–Trinajstić information content (AvgIpc) is 2.68. The Hall–Kier alpha value is -0.964. The zero-order chi connectivity index (χ0) is 11.7. The van der Waals surface area contributed by atoms with Crippen LogP contribution < -0.4 is 12.4 Å². The zero-order valence-corrected chi connectivity index (χ0v) is 13.1. The standard InChI is InChI=1S/C16H14N.ClH.Mg/c1-13-11-15-9-5-6-10-16(15)17(13)12-14-7-3-2-4-8-14;;/h2-10H,12H2,1H3;1H;/q-1;;+2/p-1. The van der Waals surface area contributed by atoms with Gasteiger partial charge in [-0.2, -0.15) is 17.5 Å². The molecule has 19 heavy (non-hydrogen) atoms. The van der Waals surface area contributed by atoms with Crippen LogP contribution in [0.15, 0.2) is 54.6 Å². The first-order valence-corrected chi connectivity index (χ1v) is 5.86. The van der Waals surface area contributed by atoms with Crippen molar-refractivity contribution in [3.05, 3.63) is 71.9 Å². The van der Waals surface area contributed by atoms with E-state index >= 15 is 0 Å². The second-order valence-corrected chi connectivity index (χ2v) is 4.30. The van der Waals surface area contributed by atoms with E-state index < -0.39 is 0 Å². The van der Waals surface area contributed by atoms with Gasteiger partial charge in [0.2, 0.25) is 0 Å². The number of hydrogen-bond donors (Lipinski definition) is 0. The summed E-state index contributed by atoms with van der Waals surface area (Å²) in [5.41, 5.74) is 3.77. The molecule has 0 radical (unpaired) electrons. The van der Waals surface area contributed by atoms with Crippen LogP contribution in [0.4, 0.5) is 0 Å². The first kappa shape index (κ1) is 16.1. The fourth-order valence-corrected chi connectivity index (χ4v) is 2.23. The SMILES string of the molecule is Cc1[c-]c2ccccc2n1Cc1ccccc1.[Cl-].[Mg+2]. The molecule has 0 aliphatic carbocycles. The molecule has 0 saturated heterocycles. The minimum absolute atomic E-state index is 0. The van der Waals surface area contributed by atoms with E-state index in [1.54, 1.807) is 0 Å². The molecule has 0 spiro atoms. The summed E-state index contributed by atoms with van der Waals surface area (Å²) in [6, 6.07) is 22.4. The van der Waals surface area contributed by atoms with Gasteiger partial charge >= 0.3 is 23.1 Å². The topological polar surface area (TPSA) is 4.93 Å². The van der Waals surface area contributed by atoms with Gasteiger partial charge in [-0.1, -0.05) is 53.7 Å². The van der Waals surface area contributed by atoms with E-state index in [1.807, 2.05) is 0 Å². The molecule has 92 valence electrons. The quantitative estimate of drug-likeness (QED) is 0.473. The van der Waals surface area contributed by atoms with Crippen molar-refractivity contribution >= 4 is 34.0 Å². The summed E-state index contributed by atoms with van der Waals surface area (Å²) < 4.78 is 2.31. The zero-order valence-electron chi connectivity index (χ0n) is 10.9. The Morgan fingerprint density at radius 3 is 2.32 bits per heavy atom. The van der Waals surface area contributed by atoms with Gasteiger partial charge in [0.05, 0.1) is 0 Å². The van der Waals surface area contributed by atoms with Gasteiger partial charge < -0.3 is 17.0 Å². The van der Waals surface area contributed by atoms with Gasteiger partial charge in [-0.15, -0.1) is 6.07 Å². The number of halogens is 1. The van der Waals surface area contributed by atoms with Crippen molar-refractivity contribution < 1.29 is 12.4 Å². The van der Waals surface area contributed by atoms with Crippen molar-refractivity contribution in [2.24, 2.45) is 0 Å². The van der Waals surface area contributed by atoms with E-state index in [9.17, 15) is 0 Å². The molecule has 0 atom stereocenters. The number of aryl methyl sites for hydroxylation is 1. The van der Waals surface area contributed by atoms with Crippen molar-refractivity contribution in [1.29, 1.82) is 0 Å².